The Kier molecular flexibility index (Phi) is 4.78. The zero-order valence-corrected chi connectivity index (χ0v) is 7.87. The lowest BCUT2D eigenvalue weighted by Gasteiger charge is -2.13. The average Bonchev–Trinajstić information content (AvgIpc) is 2.55. The summed E-state index contributed by atoms with van der Waals surface area (Å²) in [4.78, 5) is 12.5. The predicted molar refractivity (Wildman–Crippen MR) is 48.7 cm³/mol. The highest BCUT2D eigenvalue weighted by molar-refractivity contribution is 5.67. The van der Waals surface area contributed by atoms with Gasteiger partial charge in [-0.2, -0.15) is 0 Å². The van der Waals surface area contributed by atoms with Gasteiger partial charge in [-0.25, -0.2) is 4.79 Å². The summed E-state index contributed by atoms with van der Waals surface area (Å²) in [6, 6.07) is 0. The van der Waals surface area contributed by atoms with Gasteiger partial charge in [0.05, 0.1) is 0 Å². The molecule has 4 nitrogen and oxygen atoms in total. The van der Waals surface area contributed by atoms with E-state index in [0.29, 0.717) is 6.61 Å². The van der Waals surface area contributed by atoms with E-state index in [9.17, 15) is 4.79 Å². The van der Waals surface area contributed by atoms with Crippen LogP contribution in [0, 0.1) is 0 Å². The van der Waals surface area contributed by atoms with Crippen LogP contribution in [0.25, 0.3) is 0 Å². The molecule has 0 unspecified atom stereocenters. The van der Waals surface area contributed by atoms with Crippen LogP contribution in [0.4, 0.5) is 0 Å². The SMILES string of the molecule is O=C(O)COCCCN1CCCC1. The second-order valence-electron chi connectivity index (χ2n) is 3.35. The topological polar surface area (TPSA) is 49.8 Å². The van der Waals surface area contributed by atoms with Gasteiger partial charge in [0.1, 0.15) is 6.61 Å². The van der Waals surface area contributed by atoms with Crippen LogP contribution in [0.3, 0.4) is 0 Å². The molecule has 0 saturated carbocycles. The summed E-state index contributed by atoms with van der Waals surface area (Å²) in [5.74, 6) is -0.888. The lowest BCUT2D eigenvalue weighted by molar-refractivity contribution is -0.142. The zero-order valence-electron chi connectivity index (χ0n) is 7.87. The number of carboxylic acids is 1. The van der Waals surface area contributed by atoms with E-state index in [-0.39, 0.29) is 6.61 Å². The van der Waals surface area contributed by atoms with E-state index >= 15 is 0 Å². The molecular weight excluding hydrogens is 170 g/mol. The summed E-state index contributed by atoms with van der Waals surface area (Å²) in [5, 5.41) is 8.29. The quantitative estimate of drug-likeness (QED) is 0.618. The standard InChI is InChI=1S/C9H17NO3/c11-9(12)8-13-7-3-6-10-4-1-2-5-10/h1-8H2,(H,11,12). The molecule has 0 aromatic carbocycles. The van der Waals surface area contributed by atoms with Crippen LogP contribution in [0.15, 0.2) is 0 Å². The molecule has 1 rings (SSSR count). The smallest absolute Gasteiger partial charge is 0.329 e. The fraction of sp³-hybridized carbons (Fsp3) is 0.889. The molecular formula is C9H17NO3. The molecule has 0 bridgehead atoms. The van der Waals surface area contributed by atoms with Crippen LogP contribution < -0.4 is 0 Å². The van der Waals surface area contributed by atoms with Gasteiger partial charge in [0, 0.05) is 13.2 Å². The van der Waals surface area contributed by atoms with E-state index in [4.69, 9.17) is 9.84 Å². The van der Waals surface area contributed by atoms with Gasteiger partial charge < -0.3 is 14.7 Å². The molecule has 13 heavy (non-hydrogen) atoms. The molecule has 1 N–H and O–H groups in total. The van der Waals surface area contributed by atoms with Gasteiger partial charge in [-0.1, -0.05) is 0 Å². The van der Waals surface area contributed by atoms with E-state index in [2.05, 4.69) is 4.90 Å². The number of aliphatic carboxylic acids is 1. The molecule has 1 aliphatic heterocycles. The normalized spacial score (nSPS) is 17.8. The van der Waals surface area contributed by atoms with Gasteiger partial charge in [-0.05, 0) is 32.4 Å². The Bertz CT molecular complexity index is 155. The Morgan fingerprint density at radius 1 is 1.38 bits per heavy atom. The Balaban J connectivity index is 1.86. The van der Waals surface area contributed by atoms with Crippen LogP contribution in [-0.4, -0.2) is 48.8 Å². The van der Waals surface area contributed by atoms with Gasteiger partial charge in [-0.3, -0.25) is 0 Å². The maximum atomic E-state index is 10.1. The number of rotatable bonds is 6. The van der Waals surface area contributed by atoms with Gasteiger partial charge in [-0.15, -0.1) is 0 Å². The maximum absolute atomic E-state index is 10.1. The number of likely N-dealkylation sites (tertiary alicyclic amines) is 1. The molecule has 1 heterocycles. The summed E-state index contributed by atoms with van der Waals surface area (Å²) in [5.41, 5.74) is 0. The number of carbonyl (C=O) groups is 1. The molecule has 0 aromatic heterocycles. The molecule has 0 atom stereocenters. The van der Waals surface area contributed by atoms with Crippen molar-refractivity contribution in [3.05, 3.63) is 0 Å². The number of hydrogen-bond donors (Lipinski definition) is 1. The monoisotopic (exact) mass is 187 g/mol. The zero-order chi connectivity index (χ0) is 9.52. The first kappa shape index (κ1) is 10.5. The van der Waals surface area contributed by atoms with Crippen LogP contribution in [-0.2, 0) is 9.53 Å². The van der Waals surface area contributed by atoms with Crippen LogP contribution in [0.5, 0.6) is 0 Å². The second kappa shape index (κ2) is 5.94. The fourth-order valence-electron chi connectivity index (χ4n) is 1.56. The van der Waals surface area contributed by atoms with Crippen LogP contribution in [0.2, 0.25) is 0 Å². The third-order valence-corrected chi connectivity index (χ3v) is 2.19. The lowest BCUT2D eigenvalue weighted by atomic mass is 10.4. The van der Waals surface area contributed by atoms with Gasteiger partial charge >= 0.3 is 5.97 Å². The molecule has 1 aliphatic rings. The summed E-state index contributed by atoms with van der Waals surface area (Å²) in [7, 11) is 0. The van der Waals surface area contributed by atoms with Gasteiger partial charge in [0.15, 0.2) is 0 Å². The minimum atomic E-state index is -0.888. The van der Waals surface area contributed by atoms with Crippen molar-refractivity contribution in [2.24, 2.45) is 0 Å². The summed E-state index contributed by atoms with van der Waals surface area (Å²) >= 11 is 0. The van der Waals surface area contributed by atoms with Crippen LogP contribution in [0.1, 0.15) is 19.3 Å². The lowest BCUT2D eigenvalue weighted by Crippen LogP contribution is -2.21. The Morgan fingerprint density at radius 2 is 2.08 bits per heavy atom. The number of hydrogen-bond acceptors (Lipinski definition) is 3. The largest absolute Gasteiger partial charge is 0.480 e. The van der Waals surface area contributed by atoms with E-state index in [1.54, 1.807) is 0 Å². The van der Waals surface area contributed by atoms with E-state index in [1.165, 1.54) is 25.9 Å². The molecule has 76 valence electrons. The number of ether oxygens (including phenoxy) is 1. The third-order valence-electron chi connectivity index (χ3n) is 2.19. The maximum Gasteiger partial charge on any atom is 0.329 e. The molecule has 0 radical (unpaired) electrons. The molecule has 0 aliphatic carbocycles. The van der Waals surface area contributed by atoms with E-state index in [0.717, 1.165) is 13.0 Å². The summed E-state index contributed by atoms with van der Waals surface area (Å²) in [6.07, 6.45) is 3.54. The van der Waals surface area contributed by atoms with Crippen molar-refractivity contribution in [1.29, 1.82) is 0 Å². The number of nitrogens with zero attached hydrogens (tertiary/aromatic N) is 1. The van der Waals surface area contributed by atoms with Crippen molar-refractivity contribution >= 4 is 5.97 Å². The van der Waals surface area contributed by atoms with Crippen molar-refractivity contribution in [3.8, 4) is 0 Å². The summed E-state index contributed by atoms with van der Waals surface area (Å²) < 4.78 is 4.93. The fourth-order valence-corrected chi connectivity index (χ4v) is 1.56. The summed E-state index contributed by atoms with van der Waals surface area (Å²) in [6.45, 7) is 3.82. The first-order chi connectivity index (χ1) is 6.29. The Labute approximate surface area is 78.5 Å². The number of carboxylic acid groups (broad SMARTS) is 1. The van der Waals surface area contributed by atoms with Crippen molar-refractivity contribution in [2.45, 2.75) is 19.3 Å². The van der Waals surface area contributed by atoms with Crippen molar-refractivity contribution < 1.29 is 14.6 Å². The van der Waals surface area contributed by atoms with Crippen molar-refractivity contribution in [1.82, 2.24) is 4.90 Å². The van der Waals surface area contributed by atoms with Gasteiger partial charge in [0.25, 0.3) is 0 Å². The van der Waals surface area contributed by atoms with Crippen molar-refractivity contribution in [2.75, 3.05) is 32.8 Å². The van der Waals surface area contributed by atoms with Gasteiger partial charge in [0.2, 0.25) is 0 Å². The molecule has 0 aromatic rings. The second-order valence-corrected chi connectivity index (χ2v) is 3.35. The minimum Gasteiger partial charge on any atom is -0.480 e. The molecule has 4 heteroatoms. The minimum absolute atomic E-state index is 0.167. The molecule has 0 spiro atoms. The highest BCUT2D eigenvalue weighted by Crippen LogP contribution is 2.07. The first-order valence-electron chi connectivity index (χ1n) is 4.81. The Hall–Kier alpha value is -0.610. The van der Waals surface area contributed by atoms with Crippen molar-refractivity contribution in [3.63, 3.8) is 0 Å². The first-order valence-corrected chi connectivity index (χ1v) is 4.81. The third kappa shape index (κ3) is 4.85. The average molecular weight is 187 g/mol. The Morgan fingerprint density at radius 3 is 2.69 bits per heavy atom. The van der Waals surface area contributed by atoms with E-state index < -0.39 is 5.97 Å². The molecule has 1 saturated heterocycles. The van der Waals surface area contributed by atoms with E-state index in [1.807, 2.05) is 0 Å². The predicted octanol–water partition coefficient (Wildman–Crippen LogP) is 0.574. The molecule has 1 fully saturated rings. The highest BCUT2D eigenvalue weighted by Gasteiger charge is 2.10. The highest BCUT2D eigenvalue weighted by atomic mass is 16.5. The molecule has 0 amide bonds. The van der Waals surface area contributed by atoms with Crippen LogP contribution >= 0.6 is 0 Å².